The van der Waals surface area contributed by atoms with E-state index >= 15 is 0 Å². The second-order valence-electron chi connectivity index (χ2n) is 6.44. The molecule has 0 aliphatic carbocycles. The van der Waals surface area contributed by atoms with Gasteiger partial charge in [0.1, 0.15) is 5.82 Å². The molecule has 0 atom stereocenters. The first-order valence-electron chi connectivity index (χ1n) is 8.56. The van der Waals surface area contributed by atoms with Crippen molar-refractivity contribution >= 4 is 33.4 Å². The fourth-order valence-electron chi connectivity index (χ4n) is 3.05. The Morgan fingerprint density at radius 2 is 2.04 bits per heavy atom. The zero-order valence-electron chi connectivity index (χ0n) is 14.6. The number of aromatic nitrogens is 2. The highest BCUT2D eigenvalue weighted by Crippen LogP contribution is 2.20. The molecular formula is C18H21BrClFN4O. The van der Waals surface area contributed by atoms with Gasteiger partial charge >= 0.3 is 0 Å². The maximum absolute atomic E-state index is 13.1. The first kappa shape index (κ1) is 19.3. The number of benzene rings is 1. The lowest BCUT2D eigenvalue weighted by molar-refractivity contribution is -0.133. The van der Waals surface area contributed by atoms with E-state index in [1.165, 1.54) is 12.1 Å². The molecule has 2 heterocycles. The molecule has 1 fully saturated rings. The van der Waals surface area contributed by atoms with Gasteiger partial charge in [0.15, 0.2) is 0 Å². The van der Waals surface area contributed by atoms with Crippen LogP contribution < -0.4 is 0 Å². The van der Waals surface area contributed by atoms with Crippen molar-refractivity contribution < 1.29 is 9.18 Å². The average molecular weight is 444 g/mol. The molecule has 1 amide bonds. The third-order valence-corrected chi connectivity index (χ3v) is 5.85. The van der Waals surface area contributed by atoms with Crippen molar-refractivity contribution in [1.82, 2.24) is 19.6 Å². The first-order chi connectivity index (χ1) is 12.4. The van der Waals surface area contributed by atoms with Gasteiger partial charge in [-0.25, -0.2) is 4.39 Å². The molecule has 0 bridgehead atoms. The van der Waals surface area contributed by atoms with Crippen LogP contribution in [0.3, 0.4) is 0 Å². The van der Waals surface area contributed by atoms with E-state index in [2.05, 4.69) is 25.9 Å². The van der Waals surface area contributed by atoms with Crippen LogP contribution in [0.1, 0.15) is 17.7 Å². The van der Waals surface area contributed by atoms with Gasteiger partial charge in [-0.3, -0.25) is 14.4 Å². The minimum absolute atomic E-state index is 0.149. The fourth-order valence-corrected chi connectivity index (χ4v) is 3.58. The van der Waals surface area contributed by atoms with Crippen LogP contribution >= 0.6 is 27.5 Å². The van der Waals surface area contributed by atoms with Crippen LogP contribution in [0.15, 0.2) is 28.9 Å². The maximum atomic E-state index is 13.1. The Labute approximate surface area is 165 Å². The molecule has 1 saturated heterocycles. The molecule has 5 nitrogen and oxygen atoms in total. The van der Waals surface area contributed by atoms with E-state index in [9.17, 15) is 9.18 Å². The number of halogens is 3. The van der Waals surface area contributed by atoms with E-state index < -0.39 is 0 Å². The minimum Gasteiger partial charge on any atom is -0.340 e. The van der Waals surface area contributed by atoms with Crippen molar-refractivity contribution in [3.05, 3.63) is 51.0 Å². The molecule has 26 heavy (non-hydrogen) atoms. The van der Waals surface area contributed by atoms with Crippen molar-refractivity contribution in [3.63, 3.8) is 0 Å². The van der Waals surface area contributed by atoms with Gasteiger partial charge in [0.05, 0.1) is 10.7 Å². The van der Waals surface area contributed by atoms with Crippen molar-refractivity contribution in [1.29, 1.82) is 0 Å². The summed E-state index contributed by atoms with van der Waals surface area (Å²) in [5.41, 5.74) is 1.94. The molecule has 0 saturated carbocycles. The highest BCUT2D eigenvalue weighted by Gasteiger charge is 2.21. The van der Waals surface area contributed by atoms with Crippen LogP contribution in [-0.2, 0) is 17.9 Å². The molecule has 1 aromatic heterocycles. The third-order valence-electron chi connectivity index (χ3n) is 4.71. The van der Waals surface area contributed by atoms with Crippen LogP contribution in [-0.4, -0.2) is 51.7 Å². The predicted molar refractivity (Wildman–Crippen MR) is 103 cm³/mol. The van der Waals surface area contributed by atoms with E-state index in [1.807, 2.05) is 16.5 Å². The highest BCUT2D eigenvalue weighted by atomic mass is 79.9. The topological polar surface area (TPSA) is 41.4 Å². The quantitative estimate of drug-likeness (QED) is 0.710. The number of piperazine rings is 1. The van der Waals surface area contributed by atoms with E-state index in [-0.39, 0.29) is 11.7 Å². The van der Waals surface area contributed by atoms with Gasteiger partial charge in [0.25, 0.3) is 0 Å². The number of carbonyl (C=O) groups excluding carboxylic acids is 1. The van der Waals surface area contributed by atoms with Crippen molar-refractivity contribution in [2.24, 2.45) is 0 Å². The number of amides is 1. The monoisotopic (exact) mass is 442 g/mol. The zero-order chi connectivity index (χ0) is 18.7. The second kappa shape index (κ2) is 8.50. The largest absolute Gasteiger partial charge is 0.340 e. The summed E-state index contributed by atoms with van der Waals surface area (Å²) in [4.78, 5) is 16.6. The Balaban J connectivity index is 1.47. The number of aryl methyl sites for hydroxylation is 1. The molecular weight excluding hydrogens is 423 g/mol. The molecule has 0 radical (unpaired) electrons. The zero-order valence-corrected chi connectivity index (χ0v) is 16.9. The van der Waals surface area contributed by atoms with Crippen LogP contribution in [0.5, 0.6) is 0 Å². The molecule has 1 aliphatic heterocycles. The maximum Gasteiger partial charge on any atom is 0.224 e. The Bertz CT molecular complexity index is 789. The van der Waals surface area contributed by atoms with E-state index in [4.69, 9.17) is 11.6 Å². The summed E-state index contributed by atoms with van der Waals surface area (Å²) < 4.78 is 15.9. The summed E-state index contributed by atoms with van der Waals surface area (Å²) in [6.07, 6.45) is 2.19. The van der Waals surface area contributed by atoms with Gasteiger partial charge in [0.2, 0.25) is 5.91 Å². The summed E-state index contributed by atoms with van der Waals surface area (Å²) in [6.45, 7) is 6.18. The SMILES string of the molecule is Cc1c(Br)cnn1CCC(=O)N1CCN(Cc2ccc(F)cc2Cl)CC1. The van der Waals surface area contributed by atoms with E-state index in [0.717, 1.165) is 28.8 Å². The van der Waals surface area contributed by atoms with Crippen molar-refractivity contribution in [2.75, 3.05) is 26.2 Å². The lowest BCUT2D eigenvalue weighted by Crippen LogP contribution is -2.48. The lowest BCUT2D eigenvalue weighted by Gasteiger charge is -2.35. The number of carbonyl (C=O) groups is 1. The summed E-state index contributed by atoms with van der Waals surface area (Å²) in [5.74, 6) is -0.177. The van der Waals surface area contributed by atoms with Crippen molar-refractivity contribution in [2.45, 2.75) is 26.4 Å². The van der Waals surface area contributed by atoms with Crippen LogP contribution in [0.2, 0.25) is 5.02 Å². The first-order valence-corrected chi connectivity index (χ1v) is 9.73. The standard InChI is InChI=1S/C18H21BrClFN4O/c1-13-16(19)11-22-25(13)5-4-18(26)24-8-6-23(7-9-24)12-14-2-3-15(21)10-17(14)20/h2-3,10-11H,4-9,12H2,1H3. The number of nitrogens with zero attached hydrogens (tertiary/aromatic N) is 4. The van der Waals surface area contributed by atoms with Crippen LogP contribution in [0.4, 0.5) is 4.39 Å². The summed E-state index contributed by atoms with van der Waals surface area (Å²) >= 11 is 9.53. The number of hydrogen-bond donors (Lipinski definition) is 0. The molecule has 3 rings (SSSR count). The predicted octanol–water partition coefficient (Wildman–Crippen LogP) is 3.48. The number of rotatable bonds is 5. The normalized spacial score (nSPS) is 15.5. The van der Waals surface area contributed by atoms with Gasteiger partial charge in [-0.05, 0) is 40.5 Å². The Kier molecular flexibility index (Phi) is 6.32. The summed E-state index contributed by atoms with van der Waals surface area (Å²) in [7, 11) is 0. The van der Waals surface area contributed by atoms with Crippen molar-refractivity contribution in [3.8, 4) is 0 Å². The summed E-state index contributed by atoms with van der Waals surface area (Å²) in [5, 5.41) is 4.71. The average Bonchev–Trinajstić information content (AvgIpc) is 2.94. The summed E-state index contributed by atoms with van der Waals surface area (Å²) in [6, 6.07) is 4.49. The Morgan fingerprint density at radius 1 is 1.31 bits per heavy atom. The molecule has 140 valence electrons. The third kappa shape index (κ3) is 4.64. The van der Waals surface area contributed by atoms with Gasteiger partial charge in [-0.1, -0.05) is 17.7 Å². The fraction of sp³-hybridized carbons (Fsp3) is 0.444. The molecule has 0 N–H and O–H groups in total. The molecule has 0 unspecified atom stereocenters. The van der Waals surface area contributed by atoms with E-state index in [1.54, 1.807) is 12.3 Å². The molecule has 1 aromatic carbocycles. The minimum atomic E-state index is -0.325. The molecule has 8 heteroatoms. The second-order valence-corrected chi connectivity index (χ2v) is 7.71. The highest BCUT2D eigenvalue weighted by molar-refractivity contribution is 9.10. The van der Waals surface area contributed by atoms with Gasteiger partial charge in [-0.2, -0.15) is 5.10 Å². The van der Waals surface area contributed by atoms with Gasteiger partial charge in [0, 0.05) is 56.4 Å². The van der Waals surface area contributed by atoms with Gasteiger partial charge < -0.3 is 4.90 Å². The molecule has 1 aliphatic rings. The lowest BCUT2D eigenvalue weighted by atomic mass is 10.2. The van der Waals surface area contributed by atoms with Crippen LogP contribution in [0.25, 0.3) is 0 Å². The molecule has 0 spiro atoms. The Morgan fingerprint density at radius 3 is 2.65 bits per heavy atom. The molecule has 2 aromatic rings. The van der Waals surface area contributed by atoms with Gasteiger partial charge in [-0.15, -0.1) is 0 Å². The Hall–Kier alpha value is -1.44. The van der Waals surface area contributed by atoms with Crippen LogP contribution in [0, 0.1) is 12.7 Å². The smallest absolute Gasteiger partial charge is 0.224 e. The number of hydrogen-bond acceptors (Lipinski definition) is 3. The van der Waals surface area contributed by atoms with E-state index in [0.29, 0.717) is 37.6 Å².